The summed E-state index contributed by atoms with van der Waals surface area (Å²) < 4.78 is 94.4. The van der Waals surface area contributed by atoms with Crippen molar-refractivity contribution in [1.82, 2.24) is 9.13 Å². The number of hydrogen-bond acceptors (Lipinski definition) is 0. The van der Waals surface area contributed by atoms with E-state index in [1.54, 1.807) is 0 Å². The highest BCUT2D eigenvalue weighted by molar-refractivity contribution is 6.14. The molecule has 0 N–H and O–H groups in total. The van der Waals surface area contributed by atoms with E-state index in [-0.39, 0.29) is 22.5 Å². The van der Waals surface area contributed by atoms with E-state index in [9.17, 15) is 0 Å². The monoisotopic (exact) mass is 924 g/mol. The summed E-state index contributed by atoms with van der Waals surface area (Å²) in [5.41, 5.74) is 8.88. The molecule has 10 aromatic carbocycles. The third-order valence-electron chi connectivity index (χ3n) is 13.4. The first-order valence-corrected chi connectivity index (χ1v) is 22.8. The van der Waals surface area contributed by atoms with Crippen LogP contribution in [-0.2, 0) is 12.4 Å². The van der Waals surface area contributed by atoms with E-state index in [0.29, 0.717) is 22.1 Å². The van der Waals surface area contributed by atoms with Crippen molar-refractivity contribution in [1.29, 1.82) is 0 Å². The average molecular weight is 925 g/mol. The molecule has 0 aliphatic carbocycles. The van der Waals surface area contributed by atoms with Crippen LogP contribution in [0.2, 0.25) is 0 Å². The normalized spacial score (nSPS) is 12.1. The van der Waals surface area contributed by atoms with Gasteiger partial charge in [0.25, 0.3) is 0 Å². The van der Waals surface area contributed by atoms with Crippen LogP contribution >= 0.6 is 0 Å². The van der Waals surface area contributed by atoms with Crippen LogP contribution in [0.25, 0.3) is 111 Å². The molecule has 0 saturated heterocycles. The largest absolute Gasteiger partial charge is 0.416 e. The molecule has 0 fully saturated rings. The fraction of sp³-hybridized carbons (Fsp3) is 0.0323. The Morgan fingerprint density at radius 3 is 0.743 bits per heavy atom. The Morgan fingerprint density at radius 1 is 0.243 bits per heavy atom. The topological polar surface area (TPSA) is 9.86 Å². The Bertz CT molecular complexity index is 3490. The number of hydrogen-bond donors (Lipinski definition) is 0. The Morgan fingerprint density at radius 2 is 0.500 bits per heavy atom. The van der Waals surface area contributed by atoms with Gasteiger partial charge in [0.2, 0.25) is 0 Å². The fourth-order valence-corrected chi connectivity index (χ4v) is 10.1. The number of rotatable bonds is 7. The second-order valence-corrected chi connectivity index (χ2v) is 17.5. The highest BCUT2D eigenvalue weighted by Crippen LogP contribution is 2.46. The number of halogens is 6. The zero-order valence-electron chi connectivity index (χ0n) is 37.1. The fourth-order valence-electron chi connectivity index (χ4n) is 10.1. The van der Waals surface area contributed by atoms with Gasteiger partial charge in [0.15, 0.2) is 0 Å². The van der Waals surface area contributed by atoms with Crippen molar-refractivity contribution >= 4 is 43.6 Å². The van der Waals surface area contributed by atoms with Gasteiger partial charge in [0.1, 0.15) is 0 Å². The molecule has 0 unspecified atom stereocenters. The first-order valence-electron chi connectivity index (χ1n) is 22.8. The molecule has 2 aromatic heterocycles. The smallest absolute Gasteiger partial charge is 0.309 e. The molecule has 0 aliphatic rings. The van der Waals surface area contributed by atoms with Gasteiger partial charge < -0.3 is 9.13 Å². The molecular weight excluding hydrogens is 887 g/mol. The van der Waals surface area contributed by atoms with E-state index < -0.39 is 23.5 Å². The van der Waals surface area contributed by atoms with Crippen molar-refractivity contribution in [3.63, 3.8) is 0 Å². The van der Waals surface area contributed by atoms with Crippen molar-refractivity contribution in [2.45, 2.75) is 12.4 Å². The quantitative estimate of drug-likeness (QED) is 0.141. The van der Waals surface area contributed by atoms with Gasteiger partial charge in [0, 0.05) is 32.7 Å². The van der Waals surface area contributed by atoms with Gasteiger partial charge in [-0.3, -0.25) is 0 Å². The molecule has 70 heavy (non-hydrogen) atoms. The lowest BCUT2D eigenvalue weighted by atomic mass is 9.96. The van der Waals surface area contributed by atoms with E-state index in [4.69, 9.17) is 0 Å². The summed E-state index contributed by atoms with van der Waals surface area (Å²) in [6.07, 6.45) is -9.64. The van der Waals surface area contributed by atoms with Crippen LogP contribution < -0.4 is 0 Å². The Balaban J connectivity index is 1.17. The summed E-state index contributed by atoms with van der Waals surface area (Å²) in [7, 11) is 0. The first-order chi connectivity index (χ1) is 34.0. The van der Waals surface area contributed by atoms with Crippen molar-refractivity contribution < 1.29 is 26.3 Å². The third kappa shape index (κ3) is 7.40. The third-order valence-corrected chi connectivity index (χ3v) is 13.4. The van der Waals surface area contributed by atoms with Crippen LogP contribution in [-0.4, -0.2) is 9.13 Å². The summed E-state index contributed by atoms with van der Waals surface area (Å²) in [4.78, 5) is 0. The molecule has 12 rings (SSSR count). The molecule has 0 bridgehead atoms. The van der Waals surface area contributed by atoms with E-state index in [1.807, 2.05) is 179 Å². The molecule has 2 nitrogen and oxygen atoms in total. The summed E-state index contributed by atoms with van der Waals surface area (Å²) >= 11 is 0. The van der Waals surface area contributed by atoms with Crippen LogP contribution in [0.1, 0.15) is 11.1 Å². The predicted octanol–water partition coefficient (Wildman–Crippen LogP) is 18.3. The second-order valence-electron chi connectivity index (χ2n) is 17.5. The maximum absolute atomic E-state index is 15.1. The second kappa shape index (κ2) is 16.6. The minimum atomic E-state index is -4.82. The molecule has 0 aliphatic heterocycles. The minimum Gasteiger partial charge on any atom is -0.309 e. The van der Waals surface area contributed by atoms with Gasteiger partial charge in [-0.2, -0.15) is 26.3 Å². The number of fused-ring (bicyclic) bond motifs is 6. The van der Waals surface area contributed by atoms with Crippen LogP contribution in [0, 0.1) is 0 Å². The van der Waals surface area contributed by atoms with E-state index in [1.165, 1.54) is 12.1 Å². The van der Waals surface area contributed by atoms with Crippen LogP contribution in [0.4, 0.5) is 26.3 Å². The van der Waals surface area contributed by atoms with Gasteiger partial charge >= 0.3 is 12.4 Å². The molecule has 0 saturated carbocycles. The zero-order valence-corrected chi connectivity index (χ0v) is 37.1. The molecule has 0 amide bonds. The van der Waals surface area contributed by atoms with E-state index >= 15 is 26.3 Å². The highest BCUT2D eigenvalue weighted by atomic mass is 19.4. The molecule has 338 valence electrons. The van der Waals surface area contributed by atoms with Crippen LogP contribution in [0.5, 0.6) is 0 Å². The Hall–Kier alpha value is -8.62. The highest BCUT2D eigenvalue weighted by Gasteiger charge is 2.35. The Kier molecular flexibility index (Phi) is 10.1. The number of benzene rings is 10. The maximum atomic E-state index is 15.1. The van der Waals surface area contributed by atoms with Crippen molar-refractivity contribution in [2.75, 3.05) is 0 Å². The van der Waals surface area contributed by atoms with Crippen molar-refractivity contribution in [2.24, 2.45) is 0 Å². The standard InChI is InChI=1S/C62H38F6N2/c63-61(64,65)47-25-31-59(69-55-27-21-43(39-13-5-1-6-14-39)33-49(55)50-34-44(22-28-56(50)69)40-15-7-2-8-16-40)53(37-47)54-38-48(62(66,67)68)26-32-60(54)70-57-29-23-45(41-17-9-3-10-18-41)35-51(57)52-36-46(24-30-58(52)70)42-19-11-4-12-20-42/h1-38H. The molecular formula is C62H38F6N2. The molecule has 0 radical (unpaired) electrons. The SMILES string of the molecule is FC(F)(F)c1ccc(-n2c3ccc(-c4ccccc4)cc3c3cc(-c4ccccc4)ccc32)c(-c2cc(C(F)(F)F)ccc2-n2c3ccc(-c4ccccc4)cc3c3cc(-c4ccccc4)ccc32)c1. The minimum absolute atomic E-state index is 0.0224. The van der Waals surface area contributed by atoms with E-state index in [2.05, 4.69) is 24.3 Å². The first kappa shape index (κ1) is 42.7. The van der Waals surface area contributed by atoms with Gasteiger partial charge in [0.05, 0.1) is 44.6 Å². The zero-order chi connectivity index (χ0) is 47.7. The predicted molar refractivity (Wildman–Crippen MR) is 272 cm³/mol. The maximum Gasteiger partial charge on any atom is 0.416 e. The van der Waals surface area contributed by atoms with Crippen molar-refractivity contribution in [3.05, 3.63) is 242 Å². The number of aromatic nitrogens is 2. The molecule has 0 atom stereocenters. The van der Waals surface area contributed by atoms with Gasteiger partial charge in [-0.15, -0.1) is 0 Å². The summed E-state index contributed by atoms with van der Waals surface area (Å²) in [5.74, 6) is 0. The van der Waals surface area contributed by atoms with E-state index in [0.717, 1.165) is 90.3 Å². The lowest BCUT2D eigenvalue weighted by molar-refractivity contribution is -0.138. The summed E-state index contributed by atoms with van der Waals surface area (Å²) in [6, 6.07) is 70.2. The molecule has 8 heteroatoms. The van der Waals surface area contributed by atoms with Crippen LogP contribution in [0.3, 0.4) is 0 Å². The Labute approximate surface area is 398 Å². The lowest BCUT2D eigenvalue weighted by Crippen LogP contribution is -2.10. The molecule has 12 aromatic rings. The average Bonchev–Trinajstić information content (AvgIpc) is 3.90. The summed E-state index contributed by atoms with van der Waals surface area (Å²) in [6.45, 7) is 0. The van der Waals surface area contributed by atoms with Crippen molar-refractivity contribution in [3.8, 4) is 67.0 Å². The lowest BCUT2D eigenvalue weighted by Gasteiger charge is -2.21. The van der Waals surface area contributed by atoms with Gasteiger partial charge in [-0.25, -0.2) is 0 Å². The molecule has 2 heterocycles. The molecule has 0 spiro atoms. The van der Waals surface area contributed by atoms with Gasteiger partial charge in [-0.05, 0) is 129 Å². The number of nitrogens with zero attached hydrogens (tertiary/aromatic N) is 2. The number of alkyl halides is 6. The van der Waals surface area contributed by atoms with Crippen LogP contribution in [0.15, 0.2) is 231 Å². The van der Waals surface area contributed by atoms with Gasteiger partial charge in [-0.1, -0.05) is 146 Å². The summed E-state index contributed by atoms with van der Waals surface area (Å²) in [5, 5.41) is 3.32.